The number of hydrogen-bond acceptors (Lipinski definition) is 7. The number of anilines is 2. The van der Waals surface area contributed by atoms with Crippen LogP contribution in [0.4, 0.5) is 16.3 Å². The molecule has 144 valence electrons. The topological polar surface area (TPSA) is 110 Å². The molecular weight excluding hydrogens is 350 g/mol. The second-order valence-corrected chi connectivity index (χ2v) is 6.34. The molecule has 27 heavy (non-hydrogen) atoms. The smallest absolute Gasteiger partial charge is 0.409 e. The first-order valence-electron chi connectivity index (χ1n) is 8.93. The molecule has 1 aliphatic rings. The van der Waals surface area contributed by atoms with Gasteiger partial charge in [-0.3, -0.25) is 9.78 Å². The molecule has 1 fully saturated rings. The molecule has 2 aromatic heterocycles. The van der Waals surface area contributed by atoms with E-state index in [9.17, 15) is 9.59 Å². The summed E-state index contributed by atoms with van der Waals surface area (Å²) in [5.74, 6) is 0.673. The zero-order chi connectivity index (χ0) is 19.2. The highest BCUT2D eigenvalue weighted by Crippen LogP contribution is 2.18. The summed E-state index contributed by atoms with van der Waals surface area (Å²) in [5.41, 5.74) is 1.18. The molecule has 3 rings (SSSR count). The van der Waals surface area contributed by atoms with Crippen molar-refractivity contribution in [3.05, 3.63) is 35.9 Å². The van der Waals surface area contributed by atoms with Gasteiger partial charge in [-0.2, -0.15) is 0 Å². The van der Waals surface area contributed by atoms with Crippen LogP contribution in [-0.2, 0) is 4.74 Å². The van der Waals surface area contributed by atoms with E-state index in [4.69, 9.17) is 9.26 Å². The van der Waals surface area contributed by atoms with Crippen molar-refractivity contribution < 1.29 is 18.8 Å². The van der Waals surface area contributed by atoms with E-state index in [1.165, 1.54) is 6.20 Å². The third-order valence-corrected chi connectivity index (χ3v) is 4.26. The maximum atomic E-state index is 12.3. The van der Waals surface area contributed by atoms with Crippen LogP contribution in [0.25, 0.3) is 0 Å². The van der Waals surface area contributed by atoms with Gasteiger partial charge >= 0.3 is 6.09 Å². The van der Waals surface area contributed by atoms with Crippen LogP contribution in [-0.4, -0.2) is 52.8 Å². The van der Waals surface area contributed by atoms with Crippen molar-refractivity contribution in [1.29, 1.82) is 0 Å². The molecule has 2 N–H and O–H groups in total. The van der Waals surface area contributed by atoms with Crippen LogP contribution in [0.15, 0.2) is 29.0 Å². The highest BCUT2D eigenvalue weighted by atomic mass is 16.6. The standard InChI is InChI=1S/C18H23N5O4/c1-3-26-18(25)23-6-4-14(5-7-23)20-15-9-13(10-19-11-15)17(24)21-16-8-12(2)27-22-16/h8-11,14,20H,3-7H2,1-2H3,(H,21,22,24). The Hall–Kier alpha value is -3.10. The van der Waals surface area contributed by atoms with Crippen molar-refractivity contribution in [2.75, 3.05) is 30.3 Å². The molecular formula is C18H23N5O4. The van der Waals surface area contributed by atoms with E-state index >= 15 is 0 Å². The molecule has 3 heterocycles. The number of ether oxygens (including phenoxy) is 1. The molecule has 0 unspecified atom stereocenters. The number of rotatable bonds is 5. The lowest BCUT2D eigenvalue weighted by Gasteiger charge is -2.32. The Balaban J connectivity index is 1.55. The molecule has 0 atom stereocenters. The fourth-order valence-corrected chi connectivity index (χ4v) is 2.91. The number of pyridine rings is 1. The summed E-state index contributed by atoms with van der Waals surface area (Å²) in [5, 5.41) is 9.80. The van der Waals surface area contributed by atoms with Crippen molar-refractivity contribution in [3.8, 4) is 0 Å². The van der Waals surface area contributed by atoms with Crippen LogP contribution in [0.5, 0.6) is 0 Å². The van der Waals surface area contributed by atoms with Crippen molar-refractivity contribution in [3.63, 3.8) is 0 Å². The number of amides is 2. The number of hydrogen-bond donors (Lipinski definition) is 2. The third kappa shape index (κ3) is 4.96. The summed E-state index contributed by atoms with van der Waals surface area (Å²) in [4.78, 5) is 29.9. The van der Waals surface area contributed by atoms with Crippen molar-refractivity contribution >= 4 is 23.5 Å². The molecule has 0 spiro atoms. The summed E-state index contributed by atoms with van der Waals surface area (Å²) in [6, 6.07) is 3.59. The monoisotopic (exact) mass is 373 g/mol. The Labute approximate surface area is 157 Å². The van der Waals surface area contributed by atoms with Crippen LogP contribution >= 0.6 is 0 Å². The van der Waals surface area contributed by atoms with Crippen LogP contribution in [0, 0.1) is 6.92 Å². The molecule has 2 aromatic rings. The lowest BCUT2D eigenvalue weighted by molar-refractivity contribution is 0.0981. The second kappa shape index (κ2) is 8.52. The summed E-state index contributed by atoms with van der Waals surface area (Å²) < 4.78 is 9.96. The predicted molar refractivity (Wildman–Crippen MR) is 98.7 cm³/mol. The summed E-state index contributed by atoms with van der Waals surface area (Å²) in [6.45, 7) is 5.20. The third-order valence-electron chi connectivity index (χ3n) is 4.26. The number of nitrogens with zero attached hydrogens (tertiary/aromatic N) is 3. The van der Waals surface area contributed by atoms with E-state index in [-0.39, 0.29) is 18.0 Å². The maximum absolute atomic E-state index is 12.3. The van der Waals surface area contributed by atoms with Crippen molar-refractivity contribution in [2.45, 2.75) is 32.7 Å². The van der Waals surface area contributed by atoms with Gasteiger partial charge in [-0.05, 0) is 32.8 Å². The normalized spacial score (nSPS) is 14.7. The van der Waals surface area contributed by atoms with Crippen LogP contribution < -0.4 is 10.6 Å². The minimum atomic E-state index is -0.309. The number of piperidine rings is 1. The Morgan fingerprint density at radius 3 is 2.74 bits per heavy atom. The number of carbonyl (C=O) groups excluding carboxylic acids is 2. The first-order valence-corrected chi connectivity index (χ1v) is 8.93. The first-order chi connectivity index (χ1) is 13.0. The van der Waals surface area contributed by atoms with E-state index in [2.05, 4.69) is 20.8 Å². The lowest BCUT2D eigenvalue weighted by Crippen LogP contribution is -2.42. The molecule has 0 aromatic carbocycles. The minimum absolute atomic E-state index is 0.203. The van der Waals surface area contributed by atoms with Gasteiger partial charge in [-0.1, -0.05) is 5.16 Å². The number of likely N-dealkylation sites (tertiary alicyclic amines) is 1. The molecule has 9 nitrogen and oxygen atoms in total. The molecule has 0 radical (unpaired) electrons. The van der Waals surface area contributed by atoms with Crippen molar-refractivity contribution in [1.82, 2.24) is 15.0 Å². The van der Waals surface area contributed by atoms with E-state index < -0.39 is 0 Å². The summed E-state index contributed by atoms with van der Waals surface area (Å²) >= 11 is 0. The fourth-order valence-electron chi connectivity index (χ4n) is 2.91. The zero-order valence-electron chi connectivity index (χ0n) is 15.4. The maximum Gasteiger partial charge on any atom is 0.409 e. The van der Waals surface area contributed by atoms with Gasteiger partial charge in [0.25, 0.3) is 5.91 Å². The Kier molecular flexibility index (Phi) is 5.90. The van der Waals surface area contributed by atoms with Gasteiger partial charge in [-0.25, -0.2) is 4.79 Å². The van der Waals surface area contributed by atoms with E-state index in [0.29, 0.717) is 36.8 Å². The number of aromatic nitrogens is 2. The highest BCUT2D eigenvalue weighted by molar-refractivity contribution is 6.04. The molecule has 1 saturated heterocycles. The molecule has 0 saturated carbocycles. The lowest BCUT2D eigenvalue weighted by atomic mass is 10.1. The van der Waals surface area contributed by atoms with Crippen LogP contribution in [0.2, 0.25) is 0 Å². The zero-order valence-corrected chi connectivity index (χ0v) is 15.4. The van der Waals surface area contributed by atoms with Gasteiger partial charge in [0.1, 0.15) is 5.76 Å². The fraction of sp³-hybridized carbons (Fsp3) is 0.444. The quantitative estimate of drug-likeness (QED) is 0.829. The van der Waals surface area contributed by atoms with Crippen LogP contribution in [0.1, 0.15) is 35.9 Å². The van der Waals surface area contributed by atoms with E-state index in [0.717, 1.165) is 18.5 Å². The number of aryl methyl sites for hydroxylation is 1. The molecule has 9 heteroatoms. The van der Waals surface area contributed by atoms with E-state index in [1.54, 1.807) is 37.1 Å². The summed E-state index contributed by atoms with van der Waals surface area (Å²) in [7, 11) is 0. The Morgan fingerprint density at radius 1 is 1.30 bits per heavy atom. The Bertz CT molecular complexity index is 799. The van der Waals surface area contributed by atoms with Crippen LogP contribution in [0.3, 0.4) is 0 Å². The van der Waals surface area contributed by atoms with Gasteiger partial charge in [0.2, 0.25) is 0 Å². The molecule has 0 bridgehead atoms. The largest absolute Gasteiger partial charge is 0.450 e. The van der Waals surface area contributed by atoms with Gasteiger partial charge in [-0.15, -0.1) is 0 Å². The Morgan fingerprint density at radius 2 is 2.07 bits per heavy atom. The number of nitrogens with one attached hydrogen (secondary N) is 2. The van der Waals surface area contributed by atoms with Gasteiger partial charge < -0.3 is 24.8 Å². The SMILES string of the molecule is CCOC(=O)N1CCC(Nc2cncc(C(=O)Nc3cc(C)on3)c2)CC1. The minimum Gasteiger partial charge on any atom is -0.450 e. The molecule has 2 amide bonds. The van der Waals surface area contributed by atoms with Gasteiger partial charge in [0.05, 0.1) is 17.9 Å². The summed E-state index contributed by atoms with van der Waals surface area (Å²) in [6.07, 6.45) is 4.51. The van der Waals surface area contributed by atoms with Crippen molar-refractivity contribution in [2.24, 2.45) is 0 Å². The predicted octanol–water partition coefficient (Wildman–Crippen LogP) is 2.66. The molecule has 0 aliphatic carbocycles. The average Bonchev–Trinajstić information content (AvgIpc) is 3.07. The number of carbonyl (C=O) groups is 2. The van der Waals surface area contributed by atoms with E-state index in [1.807, 2.05) is 0 Å². The van der Waals surface area contributed by atoms with Gasteiger partial charge in [0.15, 0.2) is 5.82 Å². The average molecular weight is 373 g/mol. The van der Waals surface area contributed by atoms with Gasteiger partial charge in [0, 0.05) is 37.6 Å². The highest BCUT2D eigenvalue weighted by Gasteiger charge is 2.23. The first kappa shape index (κ1) is 18.7. The molecule has 1 aliphatic heterocycles. The second-order valence-electron chi connectivity index (χ2n) is 6.34.